The van der Waals surface area contributed by atoms with Gasteiger partial charge in [0.15, 0.2) is 0 Å². The van der Waals surface area contributed by atoms with Crippen LogP contribution in [0, 0.1) is 5.92 Å². The largest absolute Gasteiger partial charge is 0.328 e. The van der Waals surface area contributed by atoms with Gasteiger partial charge >= 0.3 is 0 Å². The highest BCUT2D eigenvalue weighted by molar-refractivity contribution is 5.85. The van der Waals surface area contributed by atoms with Crippen molar-refractivity contribution in [1.29, 1.82) is 0 Å². The fourth-order valence-electron chi connectivity index (χ4n) is 1.35. The van der Waals surface area contributed by atoms with Gasteiger partial charge in [-0.3, -0.25) is 0 Å². The van der Waals surface area contributed by atoms with E-state index >= 15 is 0 Å². The zero-order valence-electron chi connectivity index (χ0n) is 8.68. The van der Waals surface area contributed by atoms with Crippen LogP contribution in [0.5, 0.6) is 0 Å². The van der Waals surface area contributed by atoms with Gasteiger partial charge in [-0.1, -0.05) is 40.0 Å². The highest BCUT2D eigenvalue weighted by atomic mass is 35.5. The van der Waals surface area contributed by atoms with E-state index in [1.165, 1.54) is 25.7 Å². The molecule has 0 rings (SSSR count). The summed E-state index contributed by atoms with van der Waals surface area (Å²) >= 11 is 0. The fraction of sp³-hybridized carbons (Fsp3) is 1.00. The molecule has 0 aliphatic carbocycles. The summed E-state index contributed by atoms with van der Waals surface area (Å²) in [6, 6.07) is 0.432. The molecule has 0 fully saturated rings. The van der Waals surface area contributed by atoms with Gasteiger partial charge in [0.2, 0.25) is 0 Å². The summed E-state index contributed by atoms with van der Waals surface area (Å²) in [6.07, 6.45) is 6.35. The van der Waals surface area contributed by atoms with E-state index in [1.54, 1.807) is 0 Å². The van der Waals surface area contributed by atoms with Crippen molar-refractivity contribution in [3.8, 4) is 0 Å². The average Bonchev–Trinajstić information content (AvgIpc) is 2.00. The van der Waals surface area contributed by atoms with Crippen LogP contribution in [-0.2, 0) is 0 Å². The smallest absolute Gasteiger partial charge is 0.00387 e. The Morgan fingerprint density at radius 1 is 1.25 bits per heavy atom. The zero-order valence-corrected chi connectivity index (χ0v) is 9.49. The maximum absolute atomic E-state index is 5.85. The van der Waals surface area contributed by atoms with Crippen LogP contribution < -0.4 is 5.73 Å². The van der Waals surface area contributed by atoms with Crippen LogP contribution in [-0.4, -0.2) is 6.04 Å². The molecule has 2 N–H and O–H groups in total. The molecule has 0 aliphatic heterocycles. The monoisotopic (exact) mass is 193 g/mol. The van der Waals surface area contributed by atoms with Crippen molar-refractivity contribution >= 4 is 12.4 Å². The third-order valence-corrected chi connectivity index (χ3v) is 2.28. The Balaban J connectivity index is 0. The fourth-order valence-corrected chi connectivity index (χ4v) is 1.35. The predicted octanol–water partition coefficient (Wildman–Crippen LogP) is 3.36. The van der Waals surface area contributed by atoms with Gasteiger partial charge in [0.1, 0.15) is 0 Å². The van der Waals surface area contributed by atoms with E-state index in [0.717, 1.165) is 12.3 Å². The minimum Gasteiger partial charge on any atom is -0.328 e. The first-order valence-electron chi connectivity index (χ1n) is 4.96. The lowest BCUT2D eigenvalue weighted by atomic mass is 9.96. The molecule has 0 heterocycles. The number of halogens is 1. The van der Waals surface area contributed by atoms with E-state index in [-0.39, 0.29) is 12.4 Å². The molecular formula is C10H24ClN. The standard InChI is InChI=1S/C10H23N.ClH/c1-4-6-7-9(3)8-10(11)5-2;/h9-10H,4-8,11H2,1-3H3;1H/t9-,10+;/m1./s1. The second kappa shape index (κ2) is 9.34. The van der Waals surface area contributed by atoms with Crippen molar-refractivity contribution in [2.45, 2.75) is 58.9 Å². The summed E-state index contributed by atoms with van der Waals surface area (Å²) in [4.78, 5) is 0. The summed E-state index contributed by atoms with van der Waals surface area (Å²) in [7, 11) is 0. The van der Waals surface area contributed by atoms with Crippen molar-refractivity contribution in [2.24, 2.45) is 11.7 Å². The van der Waals surface area contributed by atoms with Crippen molar-refractivity contribution in [3.63, 3.8) is 0 Å². The Labute approximate surface area is 83.5 Å². The highest BCUT2D eigenvalue weighted by Gasteiger charge is 2.05. The predicted molar refractivity (Wildman–Crippen MR) is 58.8 cm³/mol. The molecule has 0 saturated heterocycles. The zero-order chi connectivity index (χ0) is 8.69. The molecule has 0 aromatic heterocycles. The van der Waals surface area contributed by atoms with Gasteiger partial charge in [0.05, 0.1) is 0 Å². The molecule has 0 aromatic rings. The van der Waals surface area contributed by atoms with Crippen molar-refractivity contribution in [2.75, 3.05) is 0 Å². The first-order chi connectivity index (χ1) is 5.20. The summed E-state index contributed by atoms with van der Waals surface area (Å²) in [5, 5.41) is 0. The van der Waals surface area contributed by atoms with E-state index < -0.39 is 0 Å². The van der Waals surface area contributed by atoms with Crippen LogP contribution in [0.1, 0.15) is 52.9 Å². The van der Waals surface area contributed by atoms with Gasteiger partial charge in [0, 0.05) is 6.04 Å². The second-order valence-electron chi connectivity index (χ2n) is 3.65. The molecule has 0 unspecified atom stereocenters. The van der Waals surface area contributed by atoms with Crippen molar-refractivity contribution in [1.82, 2.24) is 0 Å². The third-order valence-electron chi connectivity index (χ3n) is 2.28. The summed E-state index contributed by atoms with van der Waals surface area (Å²) < 4.78 is 0. The molecule has 2 heteroatoms. The van der Waals surface area contributed by atoms with Crippen LogP contribution in [0.15, 0.2) is 0 Å². The maximum Gasteiger partial charge on any atom is 0.00387 e. The number of unbranched alkanes of at least 4 members (excludes halogenated alkanes) is 1. The minimum absolute atomic E-state index is 0. The summed E-state index contributed by atoms with van der Waals surface area (Å²) in [6.45, 7) is 6.72. The normalized spacial score (nSPS) is 15.0. The molecule has 0 aliphatic rings. The Bertz CT molecular complexity index is 85.9. The molecule has 0 aromatic carbocycles. The van der Waals surface area contributed by atoms with Gasteiger partial charge in [-0.05, 0) is 18.8 Å². The molecule has 0 spiro atoms. The van der Waals surface area contributed by atoms with Gasteiger partial charge < -0.3 is 5.73 Å². The molecular weight excluding hydrogens is 170 g/mol. The Morgan fingerprint density at radius 3 is 2.25 bits per heavy atom. The van der Waals surface area contributed by atoms with Gasteiger partial charge in [0.25, 0.3) is 0 Å². The van der Waals surface area contributed by atoms with Crippen molar-refractivity contribution in [3.05, 3.63) is 0 Å². The van der Waals surface area contributed by atoms with E-state index in [1.807, 2.05) is 0 Å². The van der Waals surface area contributed by atoms with Crippen LogP contribution in [0.3, 0.4) is 0 Å². The van der Waals surface area contributed by atoms with Crippen LogP contribution in [0.4, 0.5) is 0 Å². The molecule has 0 amide bonds. The first kappa shape index (κ1) is 14.8. The van der Waals surface area contributed by atoms with Crippen LogP contribution >= 0.6 is 12.4 Å². The first-order valence-corrected chi connectivity index (χ1v) is 4.96. The van der Waals surface area contributed by atoms with Crippen LogP contribution in [0.25, 0.3) is 0 Å². The number of hydrogen-bond donors (Lipinski definition) is 1. The maximum atomic E-state index is 5.85. The van der Waals surface area contributed by atoms with Crippen molar-refractivity contribution < 1.29 is 0 Å². The number of rotatable bonds is 6. The topological polar surface area (TPSA) is 26.0 Å². The molecule has 76 valence electrons. The molecule has 0 radical (unpaired) electrons. The molecule has 0 saturated carbocycles. The average molecular weight is 194 g/mol. The molecule has 2 atom stereocenters. The quantitative estimate of drug-likeness (QED) is 0.688. The van der Waals surface area contributed by atoms with Gasteiger partial charge in [-0.2, -0.15) is 0 Å². The minimum atomic E-state index is 0. The molecule has 12 heavy (non-hydrogen) atoms. The van der Waals surface area contributed by atoms with Gasteiger partial charge in [-0.15, -0.1) is 12.4 Å². The lowest BCUT2D eigenvalue weighted by Gasteiger charge is -2.14. The summed E-state index contributed by atoms with van der Waals surface area (Å²) in [5.74, 6) is 0.824. The molecule has 0 bridgehead atoms. The highest BCUT2D eigenvalue weighted by Crippen LogP contribution is 2.13. The second-order valence-corrected chi connectivity index (χ2v) is 3.65. The SMILES string of the molecule is CCCC[C@@H](C)C[C@@H](N)CC.Cl. The van der Waals surface area contributed by atoms with E-state index in [2.05, 4.69) is 20.8 Å². The number of nitrogens with two attached hydrogens (primary N) is 1. The Kier molecular flexibility index (Phi) is 11.5. The lowest BCUT2D eigenvalue weighted by molar-refractivity contribution is 0.419. The van der Waals surface area contributed by atoms with E-state index in [9.17, 15) is 0 Å². The summed E-state index contributed by atoms with van der Waals surface area (Å²) in [5.41, 5.74) is 5.85. The Morgan fingerprint density at radius 2 is 1.83 bits per heavy atom. The molecule has 1 nitrogen and oxygen atoms in total. The van der Waals surface area contributed by atoms with E-state index in [4.69, 9.17) is 5.73 Å². The van der Waals surface area contributed by atoms with E-state index in [0.29, 0.717) is 6.04 Å². The number of hydrogen-bond acceptors (Lipinski definition) is 1. The van der Waals surface area contributed by atoms with Crippen LogP contribution in [0.2, 0.25) is 0 Å². The Hall–Kier alpha value is 0.250. The van der Waals surface area contributed by atoms with Gasteiger partial charge in [-0.25, -0.2) is 0 Å². The third kappa shape index (κ3) is 8.35. The lowest BCUT2D eigenvalue weighted by Crippen LogP contribution is -2.21.